The molecule has 4 nitrogen and oxygen atoms in total. The highest BCUT2D eigenvalue weighted by Gasteiger charge is 2.18. The molecule has 4 rings (SSSR count). The van der Waals surface area contributed by atoms with Crippen molar-refractivity contribution in [2.24, 2.45) is 5.18 Å². The van der Waals surface area contributed by atoms with Gasteiger partial charge < -0.3 is 0 Å². The van der Waals surface area contributed by atoms with E-state index in [0.29, 0.717) is 16.5 Å². The third kappa shape index (κ3) is 1.86. The molecule has 2 aromatic carbocycles. The Morgan fingerprint density at radius 3 is 2.62 bits per heavy atom. The molecule has 0 saturated heterocycles. The molecule has 4 aromatic rings. The molecule has 0 saturated carbocycles. The Morgan fingerprint density at radius 2 is 1.86 bits per heavy atom. The number of para-hydroxylation sites is 1. The van der Waals surface area contributed by atoms with Gasteiger partial charge in [-0.3, -0.25) is 4.40 Å². The lowest BCUT2D eigenvalue weighted by molar-refractivity contribution is 1.25. The van der Waals surface area contributed by atoms with Gasteiger partial charge in [0.25, 0.3) is 0 Å². The van der Waals surface area contributed by atoms with Crippen molar-refractivity contribution < 1.29 is 0 Å². The Labute approximate surface area is 128 Å². The first-order chi connectivity index (χ1) is 10.3. The monoisotopic (exact) mass is 313 g/mol. The molecule has 0 amide bonds. The number of halogens is 1. The lowest BCUT2D eigenvalue weighted by Gasteiger charge is -1.98. The molecule has 0 N–H and O–H groups in total. The van der Waals surface area contributed by atoms with Gasteiger partial charge in [-0.05, 0) is 29.4 Å². The van der Waals surface area contributed by atoms with E-state index >= 15 is 0 Å². The second kappa shape index (κ2) is 4.65. The molecule has 0 aliphatic rings. The zero-order chi connectivity index (χ0) is 14.4. The maximum absolute atomic E-state index is 11.4. The minimum absolute atomic E-state index is 0.324. The molecule has 0 atom stereocenters. The Hall–Kier alpha value is -2.24. The first-order valence-electron chi connectivity index (χ1n) is 6.27. The summed E-state index contributed by atoms with van der Waals surface area (Å²) in [5, 5.41) is 3.85. The van der Waals surface area contributed by atoms with Crippen LogP contribution in [0.4, 0.5) is 5.82 Å². The van der Waals surface area contributed by atoms with Crippen molar-refractivity contribution in [3.8, 4) is 11.3 Å². The number of hydrogen-bond donors (Lipinski definition) is 0. The van der Waals surface area contributed by atoms with Crippen LogP contribution in [0.2, 0.25) is 5.02 Å². The number of benzene rings is 2. The maximum Gasteiger partial charge on any atom is 0.210 e. The summed E-state index contributed by atoms with van der Waals surface area (Å²) in [6.45, 7) is 0. The fourth-order valence-corrected chi connectivity index (χ4v) is 3.54. The molecule has 2 heterocycles. The Balaban J connectivity index is 2.06. The van der Waals surface area contributed by atoms with E-state index in [9.17, 15) is 4.91 Å². The number of thiazole rings is 1. The normalized spacial score (nSPS) is 11.3. The van der Waals surface area contributed by atoms with Gasteiger partial charge in [0.15, 0.2) is 4.96 Å². The average molecular weight is 314 g/mol. The lowest BCUT2D eigenvalue weighted by Crippen LogP contribution is -1.81. The molecule has 21 heavy (non-hydrogen) atoms. The van der Waals surface area contributed by atoms with E-state index in [1.807, 2.05) is 36.4 Å². The molecular formula is C15H8ClN3OS. The van der Waals surface area contributed by atoms with Crippen LogP contribution in [0.25, 0.3) is 26.4 Å². The van der Waals surface area contributed by atoms with Gasteiger partial charge in [-0.2, -0.15) is 0 Å². The van der Waals surface area contributed by atoms with Gasteiger partial charge in [0.1, 0.15) is 5.69 Å². The van der Waals surface area contributed by atoms with E-state index in [-0.39, 0.29) is 0 Å². The van der Waals surface area contributed by atoms with E-state index < -0.39 is 0 Å². The second-order valence-electron chi connectivity index (χ2n) is 4.57. The minimum atomic E-state index is 0.324. The topological polar surface area (TPSA) is 46.7 Å². The zero-order valence-corrected chi connectivity index (χ0v) is 12.2. The third-order valence-electron chi connectivity index (χ3n) is 3.33. The zero-order valence-electron chi connectivity index (χ0n) is 10.7. The van der Waals surface area contributed by atoms with Crippen molar-refractivity contribution in [2.45, 2.75) is 0 Å². The van der Waals surface area contributed by atoms with Crippen LogP contribution >= 0.6 is 22.9 Å². The van der Waals surface area contributed by atoms with E-state index in [0.717, 1.165) is 20.7 Å². The van der Waals surface area contributed by atoms with Gasteiger partial charge in [-0.15, -0.1) is 4.91 Å². The largest absolute Gasteiger partial charge is 0.264 e. The molecule has 0 fully saturated rings. The molecule has 6 heteroatoms. The number of nitrogens with zero attached hydrogens (tertiary/aromatic N) is 3. The summed E-state index contributed by atoms with van der Waals surface area (Å²) in [7, 11) is 0. The summed E-state index contributed by atoms with van der Waals surface area (Å²) in [6.07, 6.45) is 0. The molecule has 102 valence electrons. The lowest BCUT2D eigenvalue weighted by atomic mass is 10.1. The van der Waals surface area contributed by atoms with Gasteiger partial charge in [-0.25, -0.2) is 4.98 Å². The highest BCUT2D eigenvalue weighted by atomic mass is 35.5. The van der Waals surface area contributed by atoms with Crippen molar-refractivity contribution in [2.75, 3.05) is 0 Å². The summed E-state index contributed by atoms with van der Waals surface area (Å²) in [5.74, 6) is 0.324. The molecular weight excluding hydrogens is 306 g/mol. The highest BCUT2D eigenvalue weighted by Crippen LogP contribution is 2.37. The third-order valence-corrected chi connectivity index (χ3v) is 4.61. The number of rotatable bonds is 2. The summed E-state index contributed by atoms with van der Waals surface area (Å²) in [4.78, 5) is 16.7. The first kappa shape index (κ1) is 12.5. The van der Waals surface area contributed by atoms with Crippen LogP contribution in [-0.4, -0.2) is 9.38 Å². The Bertz CT molecular complexity index is 972. The average Bonchev–Trinajstić information content (AvgIpc) is 3.03. The fourth-order valence-electron chi connectivity index (χ4n) is 2.39. The molecule has 0 bridgehead atoms. The van der Waals surface area contributed by atoms with E-state index in [2.05, 4.69) is 10.2 Å². The predicted octanol–water partition coefficient (Wildman–Crippen LogP) is 5.27. The van der Waals surface area contributed by atoms with E-state index in [4.69, 9.17) is 11.6 Å². The van der Waals surface area contributed by atoms with E-state index in [1.165, 1.54) is 11.3 Å². The SMILES string of the molecule is O=Nc1c(-c2ccc(Cl)cc2)nc2sc3ccccc3n12. The van der Waals surface area contributed by atoms with Crippen molar-refractivity contribution >= 4 is 43.9 Å². The van der Waals surface area contributed by atoms with Crippen molar-refractivity contribution in [3.63, 3.8) is 0 Å². The van der Waals surface area contributed by atoms with Crippen LogP contribution in [0.3, 0.4) is 0 Å². The molecule has 0 unspecified atom stereocenters. The predicted molar refractivity (Wildman–Crippen MR) is 86.5 cm³/mol. The van der Waals surface area contributed by atoms with Crippen LogP contribution < -0.4 is 0 Å². The minimum Gasteiger partial charge on any atom is -0.264 e. The van der Waals surface area contributed by atoms with Gasteiger partial charge >= 0.3 is 0 Å². The van der Waals surface area contributed by atoms with Crippen molar-refractivity contribution in [3.05, 3.63) is 58.5 Å². The van der Waals surface area contributed by atoms with Crippen molar-refractivity contribution in [1.29, 1.82) is 0 Å². The summed E-state index contributed by atoms with van der Waals surface area (Å²) >= 11 is 7.44. The number of imidazole rings is 1. The number of aromatic nitrogens is 2. The number of nitroso groups, excluding NO2 is 1. The van der Waals surface area contributed by atoms with Crippen LogP contribution in [0.5, 0.6) is 0 Å². The fraction of sp³-hybridized carbons (Fsp3) is 0. The smallest absolute Gasteiger partial charge is 0.210 e. The van der Waals surface area contributed by atoms with E-state index in [1.54, 1.807) is 16.5 Å². The molecule has 0 aliphatic carbocycles. The number of fused-ring (bicyclic) bond motifs is 3. The Morgan fingerprint density at radius 1 is 1.10 bits per heavy atom. The molecule has 2 aromatic heterocycles. The Kier molecular flexibility index (Phi) is 2.77. The standard InChI is InChI=1S/C15H8ClN3OS/c16-10-7-5-9(6-8-10)13-14(18-20)19-11-3-1-2-4-12(11)21-15(19)17-13/h1-8H. The van der Waals surface area contributed by atoms with Crippen LogP contribution in [0.15, 0.2) is 53.7 Å². The van der Waals surface area contributed by atoms with Crippen LogP contribution in [0.1, 0.15) is 0 Å². The summed E-state index contributed by atoms with van der Waals surface area (Å²) in [5.41, 5.74) is 2.35. The van der Waals surface area contributed by atoms with Crippen LogP contribution in [-0.2, 0) is 0 Å². The first-order valence-corrected chi connectivity index (χ1v) is 7.46. The second-order valence-corrected chi connectivity index (χ2v) is 6.02. The molecule has 0 spiro atoms. The summed E-state index contributed by atoms with van der Waals surface area (Å²) in [6, 6.07) is 15.1. The number of hydrogen-bond acceptors (Lipinski definition) is 4. The van der Waals surface area contributed by atoms with Gasteiger partial charge in [-0.1, -0.05) is 47.2 Å². The quantitative estimate of drug-likeness (QED) is 0.473. The maximum atomic E-state index is 11.4. The van der Waals surface area contributed by atoms with Gasteiger partial charge in [0.05, 0.1) is 10.2 Å². The highest BCUT2D eigenvalue weighted by molar-refractivity contribution is 7.23. The molecule has 0 radical (unpaired) electrons. The van der Waals surface area contributed by atoms with Gasteiger partial charge in [0.2, 0.25) is 5.82 Å². The van der Waals surface area contributed by atoms with Gasteiger partial charge in [0, 0.05) is 10.6 Å². The summed E-state index contributed by atoms with van der Waals surface area (Å²) < 4.78 is 2.88. The van der Waals surface area contributed by atoms with Crippen molar-refractivity contribution in [1.82, 2.24) is 9.38 Å². The molecule has 0 aliphatic heterocycles. The van der Waals surface area contributed by atoms with Crippen LogP contribution in [0, 0.1) is 4.91 Å².